The molecule has 0 aliphatic rings. The predicted molar refractivity (Wildman–Crippen MR) is 30.4 cm³/mol. The van der Waals surface area contributed by atoms with Crippen LogP contribution in [0.3, 0.4) is 0 Å². The van der Waals surface area contributed by atoms with Crippen molar-refractivity contribution in [3.8, 4) is 0 Å². The molecule has 0 aliphatic carbocycles. The molecule has 0 fully saturated rings. The summed E-state index contributed by atoms with van der Waals surface area (Å²) in [6.07, 6.45) is 1.19. The molecule has 0 heterocycles. The van der Waals surface area contributed by atoms with Crippen LogP contribution in [0.2, 0.25) is 0 Å². The number of carbonyl (C=O) groups is 1. The molecule has 8 heavy (non-hydrogen) atoms. The molecule has 0 aliphatic heterocycles. The second-order valence-electron chi connectivity index (χ2n) is 1.79. The fraction of sp³-hybridized carbons (Fsp3) is 0.400. The van der Waals surface area contributed by atoms with E-state index in [1.807, 2.05) is 0 Å². The molecule has 3 nitrogen and oxygen atoms in total. The van der Waals surface area contributed by atoms with Crippen LogP contribution < -0.4 is 5.73 Å². The Morgan fingerprint density at radius 1 is 2.00 bits per heavy atom. The maximum Gasteiger partial charge on any atom is 0.327 e. The highest BCUT2D eigenvalue weighted by Crippen LogP contribution is 1.97. The van der Waals surface area contributed by atoms with E-state index < -0.39 is 11.5 Å². The molecule has 0 saturated carbocycles. The molecule has 0 rings (SSSR count). The summed E-state index contributed by atoms with van der Waals surface area (Å²) in [5, 5.41) is 8.24. The van der Waals surface area contributed by atoms with Gasteiger partial charge in [0.15, 0.2) is 0 Å². The minimum absolute atomic E-state index is 1.06. The van der Waals surface area contributed by atoms with Gasteiger partial charge in [-0.1, -0.05) is 6.08 Å². The molecule has 1 atom stereocenters. The van der Waals surface area contributed by atoms with Gasteiger partial charge in [0.2, 0.25) is 0 Å². The number of nitrogens with two attached hydrogens (primary N) is 1. The number of rotatable bonds is 2. The summed E-state index contributed by atoms with van der Waals surface area (Å²) >= 11 is 0. The summed E-state index contributed by atoms with van der Waals surface area (Å²) in [6, 6.07) is 0. The Morgan fingerprint density at radius 2 is 2.38 bits per heavy atom. The zero-order valence-electron chi connectivity index (χ0n) is 4.72. The highest BCUT2D eigenvalue weighted by Gasteiger charge is 2.22. The normalized spacial score (nSPS) is 16.8. The van der Waals surface area contributed by atoms with E-state index >= 15 is 0 Å². The average Bonchev–Trinajstić information content (AvgIpc) is 1.67. The SMILES string of the molecule is C=CC(C)(N)C(=O)O. The molecule has 0 aromatic heterocycles. The first-order valence-corrected chi connectivity index (χ1v) is 2.16. The summed E-state index contributed by atoms with van der Waals surface area (Å²) in [5.41, 5.74) is 3.86. The maximum absolute atomic E-state index is 10.1. The first-order chi connectivity index (χ1) is 3.50. The Bertz CT molecular complexity index is 118. The summed E-state index contributed by atoms with van der Waals surface area (Å²) in [6.45, 7) is 4.63. The lowest BCUT2D eigenvalue weighted by atomic mass is 10.1. The predicted octanol–water partition coefficient (Wildman–Crippen LogP) is -0.0256. The van der Waals surface area contributed by atoms with Crippen molar-refractivity contribution in [2.24, 2.45) is 5.73 Å². The quantitative estimate of drug-likeness (QED) is 0.497. The van der Waals surface area contributed by atoms with Crippen LogP contribution in [0.5, 0.6) is 0 Å². The van der Waals surface area contributed by atoms with E-state index in [1.165, 1.54) is 13.0 Å². The lowest BCUT2D eigenvalue weighted by molar-refractivity contribution is -0.140. The summed E-state index contributed by atoms with van der Waals surface area (Å²) in [5.74, 6) is -1.06. The lowest BCUT2D eigenvalue weighted by Crippen LogP contribution is -2.42. The van der Waals surface area contributed by atoms with Gasteiger partial charge in [-0.05, 0) is 6.92 Å². The van der Waals surface area contributed by atoms with E-state index in [1.54, 1.807) is 0 Å². The van der Waals surface area contributed by atoms with Crippen LogP contribution in [-0.2, 0) is 4.79 Å². The largest absolute Gasteiger partial charge is 0.480 e. The molecule has 3 heteroatoms. The zero-order valence-corrected chi connectivity index (χ0v) is 4.72. The van der Waals surface area contributed by atoms with Gasteiger partial charge in [0.05, 0.1) is 0 Å². The molecular weight excluding hydrogens is 106 g/mol. The van der Waals surface area contributed by atoms with Gasteiger partial charge in [0.25, 0.3) is 0 Å². The van der Waals surface area contributed by atoms with Crippen molar-refractivity contribution in [1.29, 1.82) is 0 Å². The standard InChI is InChI=1S/C5H9NO2/c1-3-5(2,6)4(7)8/h3H,1,6H2,2H3,(H,7,8). The van der Waals surface area contributed by atoms with Crippen molar-refractivity contribution in [2.45, 2.75) is 12.5 Å². The van der Waals surface area contributed by atoms with E-state index in [2.05, 4.69) is 6.58 Å². The van der Waals surface area contributed by atoms with Gasteiger partial charge < -0.3 is 10.8 Å². The second-order valence-corrected chi connectivity index (χ2v) is 1.79. The van der Waals surface area contributed by atoms with Crippen LogP contribution in [0, 0.1) is 0 Å². The second kappa shape index (κ2) is 1.96. The first-order valence-electron chi connectivity index (χ1n) is 2.16. The monoisotopic (exact) mass is 115 g/mol. The van der Waals surface area contributed by atoms with Gasteiger partial charge in [-0.15, -0.1) is 6.58 Å². The van der Waals surface area contributed by atoms with E-state index in [4.69, 9.17) is 10.8 Å². The Hall–Kier alpha value is -0.830. The smallest absolute Gasteiger partial charge is 0.327 e. The number of carboxylic acid groups (broad SMARTS) is 1. The summed E-state index contributed by atoms with van der Waals surface area (Å²) in [4.78, 5) is 10.1. The fourth-order valence-corrected chi connectivity index (χ4v) is 0.0873. The van der Waals surface area contributed by atoms with Crippen molar-refractivity contribution in [2.75, 3.05) is 0 Å². The molecule has 0 aromatic rings. The minimum Gasteiger partial charge on any atom is -0.480 e. The third kappa shape index (κ3) is 1.35. The van der Waals surface area contributed by atoms with Gasteiger partial charge in [0, 0.05) is 0 Å². The average molecular weight is 115 g/mol. The van der Waals surface area contributed by atoms with Crippen molar-refractivity contribution < 1.29 is 9.90 Å². The van der Waals surface area contributed by atoms with Crippen LogP contribution in [0.15, 0.2) is 12.7 Å². The Morgan fingerprint density at radius 3 is 2.38 bits per heavy atom. The summed E-state index contributed by atoms with van der Waals surface area (Å²) in [7, 11) is 0. The zero-order chi connectivity index (χ0) is 6.78. The van der Waals surface area contributed by atoms with Crippen molar-refractivity contribution in [3.63, 3.8) is 0 Å². The van der Waals surface area contributed by atoms with E-state index in [-0.39, 0.29) is 0 Å². The Balaban J connectivity index is 4.12. The van der Waals surface area contributed by atoms with Crippen LogP contribution in [-0.4, -0.2) is 16.6 Å². The van der Waals surface area contributed by atoms with E-state index in [0.717, 1.165) is 0 Å². The molecule has 3 N–H and O–H groups in total. The molecule has 0 bridgehead atoms. The van der Waals surface area contributed by atoms with Crippen molar-refractivity contribution >= 4 is 5.97 Å². The van der Waals surface area contributed by atoms with Gasteiger partial charge >= 0.3 is 5.97 Å². The number of aliphatic carboxylic acids is 1. The van der Waals surface area contributed by atoms with E-state index in [0.29, 0.717) is 0 Å². The fourth-order valence-electron chi connectivity index (χ4n) is 0.0873. The van der Waals surface area contributed by atoms with Crippen LogP contribution in [0.4, 0.5) is 0 Å². The number of hydrogen-bond acceptors (Lipinski definition) is 2. The highest BCUT2D eigenvalue weighted by atomic mass is 16.4. The molecular formula is C5H9NO2. The minimum atomic E-state index is -1.28. The van der Waals surface area contributed by atoms with Gasteiger partial charge in [-0.3, -0.25) is 0 Å². The highest BCUT2D eigenvalue weighted by molar-refractivity contribution is 5.80. The molecule has 46 valence electrons. The molecule has 0 aromatic carbocycles. The van der Waals surface area contributed by atoms with Crippen LogP contribution >= 0.6 is 0 Å². The lowest BCUT2D eigenvalue weighted by Gasteiger charge is -2.11. The molecule has 1 unspecified atom stereocenters. The Kier molecular flexibility index (Phi) is 1.76. The third-order valence-corrected chi connectivity index (χ3v) is 0.885. The Labute approximate surface area is 47.8 Å². The topological polar surface area (TPSA) is 63.3 Å². The third-order valence-electron chi connectivity index (χ3n) is 0.885. The van der Waals surface area contributed by atoms with E-state index in [9.17, 15) is 4.79 Å². The van der Waals surface area contributed by atoms with Gasteiger partial charge in [0.1, 0.15) is 5.54 Å². The molecule has 0 radical (unpaired) electrons. The van der Waals surface area contributed by atoms with Gasteiger partial charge in [-0.25, -0.2) is 4.79 Å². The van der Waals surface area contributed by atoms with Crippen LogP contribution in [0.1, 0.15) is 6.92 Å². The van der Waals surface area contributed by atoms with Crippen molar-refractivity contribution in [3.05, 3.63) is 12.7 Å². The summed E-state index contributed by atoms with van der Waals surface area (Å²) < 4.78 is 0. The van der Waals surface area contributed by atoms with Gasteiger partial charge in [-0.2, -0.15) is 0 Å². The molecule has 0 saturated heterocycles. The maximum atomic E-state index is 10.1. The number of hydrogen-bond donors (Lipinski definition) is 2. The van der Waals surface area contributed by atoms with Crippen LogP contribution in [0.25, 0.3) is 0 Å². The number of carboxylic acids is 1. The molecule has 0 amide bonds. The molecule has 0 spiro atoms. The van der Waals surface area contributed by atoms with Crippen molar-refractivity contribution in [1.82, 2.24) is 0 Å². The first kappa shape index (κ1) is 7.17.